The number of hydrogen-bond acceptors (Lipinski definition) is 0. The SMILES string of the molecule is C=C(c1ccccc1-c1cc2cc(C(C)C)ccc2n1C(C)C)C1CC=C2C(C)(C)C(c3ccc(C(C)C)cc3)=CC[C@]2(C)C1. The topological polar surface area (TPSA) is 4.93 Å². The summed E-state index contributed by atoms with van der Waals surface area (Å²) in [5, 5.41) is 1.33. The predicted molar refractivity (Wildman–Crippen MR) is 197 cm³/mol. The van der Waals surface area contributed by atoms with E-state index in [9.17, 15) is 0 Å². The molecule has 45 heavy (non-hydrogen) atoms. The first-order chi connectivity index (χ1) is 21.3. The molecule has 2 atom stereocenters. The Balaban J connectivity index is 1.33. The second-order valence-electron chi connectivity index (χ2n) is 15.6. The van der Waals surface area contributed by atoms with Crippen molar-refractivity contribution in [3.8, 4) is 11.3 Å². The minimum absolute atomic E-state index is 0.00357. The second kappa shape index (κ2) is 11.7. The van der Waals surface area contributed by atoms with Crippen LogP contribution in [-0.2, 0) is 0 Å². The Bertz CT molecular complexity index is 1800. The lowest BCUT2D eigenvalue weighted by molar-refractivity contribution is 0.253. The molecule has 2 aliphatic rings. The average molecular weight is 596 g/mol. The summed E-state index contributed by atoms with van der Waals surface area (Å²) < 4.78 is 2.52. The maximum atomic E-state index is 4.84. The molecule has 1 unspecified atom stereocenters. The van der Waals surface area contributed by atoms with Crippen molar-refractivity contribution in [2.45, 2.75) is 99.5 Å². The Morgan fingerprint density at radius 3 is 2.13 bits per heavy atom. The molecule has 0 amide bonds. The molecule has 2 aliphatic carbocycles. The van der Waals surface area contributed by atoms with Crippen LogP contribution < -0.4 is 0 Å². The quantitative estimate of drug-likeness (QED) is 0.187. The van der Waals surface area contributed by atoms with E-state index in [4.69, 9.17) is 6.58 Å². The van der Waals surface area contributed by atoms with E-state index in [0.717, 1.165) is 19.3 Å². The fourth-order valence-electron chi connectivity index (χ4n) is 8.55. The van der Waals surface area contributed by atoms with Crippen molar-refractivity contribution in [1.29, 1.82) is 0 Å². The third-order valence-corrected chi connectivity index (χ3v) is 11.0. The van der Waals surface area contributed by atoms with Crippen LogP contribution in [0, 0.1) is 16.7 Å². The standard InChI is InChI=1S/C44H53N/c1-28(2)32-15-17-33(18-16-32)39-23-24-44(10)27-35(20-22-42(44)43(39,8)9)31(7)37-13-11-12-14-38(37)41-26-36-25-34(29(3)4)19-21-40(36)45(41)30(5)6/h11-19,21-23,25-26,28-30,35H,7,20,24,27H2,1-6,8-10H3/t35?,44-/m1/s1. The summed E-state index contributed by atoms with van der Waals surface area (Å²) in [6.07, 6.45) is 8.40. The molecule has 1 heteroatoms. The first-order valence-electron chi connectivity index (χ1n) is 17.3. The summed E-state index contributed by atoms with van der Waals surface area (Å²) in [6, 6.07) is 28.1. The van der Waals surface area contributed by atoms with Crippen LogP contribution in [-0.4, -0.2) is 4.57 Å². The summed E-state index contributed by atoms with van der Waals surface area (Å²) in [7, 11) is 0. The third kappa shape index (κ3) is 5.47. The van der Waals surface area contributed by atoms with Gasteiger partial charge in [0.2, 0.25) is 0 Å². The maximum Gasteiger partial charge on any atom is 0.0499 e. The van der Waals surface area contributed by atoms with Crippen LogP contribution in [0.2, 0.25) is 0 Å². The summed E-state index contributed by atoms with van der Waals surface area (Å²) in [4.78, 5) is 0. The van der Waals surface area contributed by atoms with Gasteiger partial charge in [-0.05, 0) is 108 Å². The highest BCUT2D eigenvalue weighted by atomic mass is 15.0. The lowest BCUT2D eigenvalue weighted by Gasteiger charge is -2.50. The average Bonchev–Trinajstić information content (AvgIpc) is 3.39. The van der Waals surface area contributed by atoms with Gasteiger partial charge in [0.15, 0.2) is 0 Å². The molecule has 6 rings (SSSR count). The molecule has 1 nitrogen and oxygen atoms in total. The monoisotopic (exact) mass is 595 g/mol. The second-order valence-corrected chi connectivity index (χ2v) is 15.6. The van der Waals surface area contributed by atoms with Gasteiger partial charge in [0, 0.05) is 33.6 Å². The highest BCUT2D eigenvalue weighted by Crippen LogP contribution is 2.59. The summed E-state index contributed by atoms with van der Waals surface area (Å²) in [5.74, 6) is 1.48. The molecule has 1 aromatic heterocycles. The van der Waals surface area contributed by atoms with Crippen molar-refractivity contribution in [2.24, 2.45) is 16.7 Å². The molecule has 1 heterocycles. The fourth-order valence-corrected chi connectivity index (χ4v) is 8.55. The fraction of sp³-hybridized carbons (Fsp3) is 0.409. The molecular formula is C44H53N. The van der Waals surface area contributed by atoms with Crippen LogP contribution in [0.1, 0.15) is 122 Å². The van der Waals surface area contributed by atoms with Crippen molar-refractivity contribution in [3.05, 3.63) is 119 Å². The Morgan fingerprint density at radius 1 is 0.800 bits per heavy atom. The molecular weight excluding hydrogens is 542 g/mol. The number of aromatic nitrogens is 1. The van der Waals surface area contributed by atoms with Crippen LogP contribution in [0.5, 0.6) is 0 Å². The number of hydrogen-bond donors (Lipinski definition) is 0. The number of rotatable bonds is 7. The molecule has 3 aromatic carbocycles. The van der Waals surface area contributed by atoms with Crippen LogP contribution in [0.15, 0.2) is 97.1 Å². The van der Waals surface area contributed by atoms with Gasteiger partial charge < -0.3 is 4.57 Å². The Hall–Kier alpha value is -3.58. The van der Waals surface area contributed by atoms with Gasteiger partial charge in [-0.1, -0.05) is 127 Å². The number of nitrogens with zero attached hydrogens (tertiary/aromatic N) is 1. The molecule has 0 saturated carbocycles. The zero-order chi connectivity index (χ0) is 32.3. The minimum Gasteiger partial charge on any atom is -0.338 e. The Morgan fingerprint density at radius 2 is 1.47 bits per heavy atom. The highest BCUT2D eigenvalue weighted by molar-refractivity contribution is 5.91. The van der Waals surface area contributed by atoms with Gasteiger partial charge in [-0.2, -0.15) is 0 Å². The van der Waals surface area contributed by atoms with Crippen molar-refractivity contribution in [3.63, 3.8) is 0 Å². The van der Waals surface area contributed by atoms with Crippen LogP contribution in [0.25, 0.3) is 33.3 Å². The van der Waals surface area contributed by atoms with E-state index in [1.807, 2.05) is 0 Å². The third-order valence-electron chi connectivity index (χ3n) is 11.0. The number of allylic oxidation sites excluding steroid dienone is 5. The van der Waals surface area contributed by atoms with Crippen molar-refractivity contribution < 1.29 is 0 Å². The zero-order valence-electron chi connectivity index (χ0n) is 29.2. The largest absolute Gasteiger partial charge is 0.338 e. The van der Waals surface area contributed by atoms with E-state index in [0.29, 0.717) is 23.8 Å². The smallest absolute Gasteiger partial charge is 0.0499 e. The first-order valence-corrected chi connectivity index (χ1v) is 17.3. The highest BCUT2D eigenvalue weighted by Gasteiger charge is 2.46. The molecule has 0 bridgehead atoms. The Kier molecular flexibility index (Phi) is 8.13. The predicted octanol–water partition coefficient (Wildman–Crippen LogP) is 13.0. The van der Waals surface area contributed by atoms with E-state index >= 15 is 0 Å². The minimum atomic E-state index is 0.00357. The number of benzene rings is 3. The van der Waals surface area contributed by atoms with Gasteiger partial charge in [0.1, 0.15) is 0 Å². The van der Waals surface area contributed by atoms with Crippen LogP contribution in [0.3, 0.4) is 0 Å². The summed E-state index contributed by atoms with van der Waals surface area (Å²) in [5.41, 5.74) is 13.9. The summed E-state index contributed by atoms with van der Waals surface area (Å²) >= 11 is 0. The summed E-state index contributed by atoms with van der Waals surface area (Å²) in [6.45, 7) is 25.9. The van der Waals surface area contributed by atoms with E-state index in [1.165, 1.54) is 55.6 Å². The normalized spacial score (nSPS) is 21.3. The van der Waals surface area contributed by atoms with E-state index in [1.54, 1.807) is 5.57 Å². The Labute approximate surface area is 272 Å². The van der Waals surface area contributed by atoms with E-state index in [-0.39, 0.29) is 10.8 Å². The molecule has 0 saturated heterocycles. The molecule has 0 radical (unpaired) electrons. The maximum absolute atomic E-state index is 4.84. The van der Waals surface area contributed by atoms with Gasteiger partial charge in [-0.15, -0.1) is 0 Å². The van der Waals surface area contributed by atoms with Crippen molar-refractivity contribution in [2.75, 3.05) is 0 Å². The molecule has 234 valence electrons. The first kappa shape index (κ1) is 31.4. The molecule has 4 aromatic rings. The van der Waals surface area contributed by atoms with Gasteiger partial charge in [0.05, 0.1) is 0 Å². The van der Waals surface area contributed by atoms with E-state index in [2.05, 4.69) is 152 Å². The lowest BCUT2D eigenvalue weighted by atomic mass is 9.54. The van der Waals surface area contributed by atoms with Crippen LogP contribution >= 0.6 is 0 Å². The van der Waals surface area contributed by atoms with Gasteiger partial charge in [0.25, 0.3) is 0 Å². The molecule has 0 spiro atoms. The van der Waals surface area contributed by atoms with Gasteiger partial charge in [-0.25, -0.2) is 0 Å². The van der Waals surface area contributed by atoms with Gasteiger partial charge >= 0.3 is 0 Å². The zero-order valence-corrected chi connectivity index (χ0v) is 29.2. The van der Waals surface area contributed by atoms with Gasteiger partial charge in [-0.3, -0.25) is 0 Å². The van der Waals surface area contributed by atoms with E-state index < -0.39 is 0 Å². The van der Waals surface area contributed by atoms with Crippen LogP contribution in [0.4, 0.5) is 0 Å². The molecule has 0 N–H and O–H groups in total. The molecule has 0 fully saturated rings. The van der Waals surface area contributed by atoms with Crippen molar-refractivity contribution >= 4 is 22.0 Å². The molecule has 0 aliphatic heterocycles. The lowest BCUT2D eigenvalue weighted by Crippen LogP contribution is -2.38. The number of fused-ring (bicyclic) bond motifs is 2. The van der Waals surface area contributed by atoms with Crippen molar-refractivity contribution in [1.82, 2.24) is 4.57 Å².